The molecule has 1 saturated heterocycles. The summed E-state index contributed by atoms with van der Waals surface area (Å²) in [5, 5.41) is 17.1. The minimum Gasteiger partial charge on any atom is -0.396 e. The van der Waals surface area contributed by atoms with Gasteiger partial charge >= 0.3 is 0 Å². The van der Waals surface area contributed by atoms with Gasteiger partial charge in [-0.15, -0.1) is 0 Å². The Hall–Kier alpha value is -2.18. The van der Waals surface area contributed by atoms with Gasteiger partial charge in [-0.25, -0.2) is 4.68 Å². The van der Waals surface area contributed by atoms with Crippen LogP contribution >= 0.6 is 0 Å². The Labute approximate surface area is 147 Å². The zero-order valence-electron chi connectivity index (χ0n) is 14.8. The largest absolute Gasteiger partial charge is 0.396 e. The number of aliphatic hydroxyl groups excluding tert-OH is 1. The summed E-state index contributed by atoms with van der Waals surface area (Å²) < 4.78 is 7.12. The Bertz CT molecular complexity index is 731. The molecule has 2 heterocycles. The van der Waals surface area contributed by atoms with Gasteiger partial charge in [0.2, 0.25) is 0 Å². The third kappa shape index (κ3) is 3.91. The van der Waals surface area contributed by atoms with Crippen LogP contribution < -0.4 is 5.32 Å². The summed E-state index contributed by atoms with van der Waals surface area (Å²) >= 11 is 0. The molecule has 2 aromatic rings. The van der Waals surface area contributed by atoms with Crippen molar-refractivity contribution >= 4 is 5.91 Å². The second kappa shape index (κ2) is 7.37. The number of nitrogens with zero attached hydrogens (tertiary/aromatic N) is 2. The van der Waals surface area contributed by atoms with Gasteiger partial charge in [0.1, 0.15) is 0 Å². The van der Waals surface area contributed by atoms with Crippen molar-refractivity contribution in [3.63, 3.8) is 0 Å². The molecule has 0 saturated carbocycles. The van der Waals surface area contributed by atoms with Crippen molar-refractivity contribution in [1.29, 1.82) is 0 Å². The van der Waals surface area contributed by atoms with Crippen LogP contribution in [-0.2, 0) is 4.74 Å². The monoisotopic (exact) mass is 343 g/mol. The molecule has 0 radical (unpaired) electrons. The second-order valence-electron chi connectivity index (χ2n) is 6.87. The molecule has 6 heteroatoms. The summed E-state index contributed by atoms with van der Waals surface area (Å²) in [7, 11) is 0. The fraction of sp³-hybridized carbons (Fsp3) is 0.474. The van der Waals surface area contributed by atoms with Crippen LogP contribution in [0.5, 0.6) is 0 Å². The number of hydrogen-bond donors (Lipinski definition) is 2. The average Bonchev–Trinajstić information content (AvgIpc) is 3.03. The van der Waals surface area contributed by atoms with Crippen molar-refractivity contribution in [3.05, 3.63) is 47.3 Å². The number of nitrogens with one attached hydrogen (secondary N) is 1. The minimum atomic E-state index is -0.289. The number of rotatable bonds is 5. The number of aliphatic hydroxyl groups is 1. The van der Waals surface area contributed by atoms with Crippen LogP contribution in [0.2, 0.25) is 0 Å². The maximum Gasteiger partial charge on any atom is 0.271 e. The van der Waals surface area contributed by atoms with Crippen LogP contribution in [0.15, 0.2) is 30.3 Å². The number of benzene rings is 1. The lowest BCUT2D eigenvalue weighted by Crippen LogP contribution is -2.43. The number of carbonyl (C=O) groups is 1. The lowest BCUT2D eigenvalue weighted by atomic mass is 9.81. The Morgan fingerprint density at radius 3 is 2.60 bits per heavy atom. The molecule has 134 valence electrons. The molecule has 1 fully saturated rings. The highest BCUT2D eigenvalue weighted by molar-refractivity contribution is 5.92. The molecular weight excluding hydrogens is 318 g/mol. The topological polar surface area (TPSA) is 76.4 Å². The molecule has 1 aliphatic rings. The molecule has 0 aliphatic carbocycles. The van der Waals surface area contributed by atoms with E-state index >= 15 is 0 Å². The Balaban J connectivity index is 1.70. The van der Waals surface area contributed by atoms with Crippen LogP contribution in [0.1, 0.15) is 34.6 Å². The molecule has 0 spiro atoms. The molecule has 0 atom stereocenters. The fourth-order valence-electron chi connectivity index (χ4n) is 3.09. The molecule has 1 amide bonds. The molecule has 6 nitrogen and oxygen atoms in total. The first kappa shape index (κ1) is 17.6. The third-order valence-electron chi connectivity index (χ3n) is 4.91. The standard InChI is InChI=1S/C19H25N3O3/c1-14-3-5-16(6-4-14)22-15(2)11-17(21-22)18(24)20-12-19(13-23)7-9-25-10-8-19/h3-6,11,23H,7-10,12-13H2,1-2H3,(H,20,24). The second-order valence-corrected chi connectivity index (χ2v) is 6.87. The van der Waals surface area contributed by atoms with Gasteiger partial charge in [-0.1, -0.05) is 17.7 Å². The van der Waals surface area contributed by atoms with E-state index in [-0.39, 0.29) is 17.9 Å². The summed E-state index contributed by atoms with van der Waals surface area (Å²) in [6.07, 6.45) is 1.50. The van der Waals surface area contributed by atoms with Crippen LogP contribution in [0.3, 0.4) is 0 Å². The number of ether oxygens (including phenoxy) is 1. The van der Waals surface area contributed by atoms with Crippen molar-refractivity contribution in [2.24, 2.45) is 5.41 Å². The van der Waals surface area contributed by atoms with E-state index in [1.165, 1.54) is 5.56 Å². The SMILES string of the molecule is Cc1ccc(-n2nc(C(=O)NCC3(CO)CCOCC3)cc2C)cc1. The molecular formula is C19H25N3O3. The summed E-state index contributed by atoms with van der Waals surface area (Å²) in [4.78, 5) is 12.5. The van der Waals surface area contributed by atoms with E-state index in [2.05, 4.69) is 10.4 Å². The van der Waals surface area contributed by atoms with Crippen LogP contribution in [-0.4, -0.2) is 47.2 Å². The minimum absolute atomic E-state index is 0.0491. The van der Waals surface area contributed by atoms with Gasteiger partial charge in [-0.2, -0.15) is 5.10 Å². The number of aryl methyl sites for hydroxylation is 2. The number of amides is 1. The predicted octanol–water partition coefficient (Wildman–Crippen LogP) is 2.01. The van der Waals surface area contributed by atoms with Crippen LogP contribution in [0.4, 0.5) is 0 Å². The van der Waals surface area contributed by atoms with E-state index in [9.17, 15) is 9.90 Å². The maximum absolute atomic E-state index is 12.5. The van der Waals surface area contributed by atoms with Crippen molar-refractivity contribution in [2.75, 3.05) is 26.4 Å². The summed E-state index contributed by atoms with van der Waals surface area (Å²) in [5.74, 6) is -0.215. The first-order valence-corrected chi connectivity index (χ1v) is 8.64. The average molecular weight is 343 g/mol. The molecule has 3 rings (SSSR count). The first-order valence-electron chi connectivity index (χ1n) is 8.64. The number of aromatic nitrogens is 2. The van der Waals surface area contributed by atoms with Gasteiger partial charge < -0.3 is 15.2 Å². The van der Waals surface area contributed by atoms with E-state index in [0.29, 0.717) is 25.5 Å². The lowest BCUT2D eigenvalue weighted by molar-refractivity contribution is -0.0146. The third-order valence-corrected chi connectivity index (χ3v) is 4.91. The van der Waals surface area contributed by atoms with Crippen LogP contribution in [0.25, 0.3) is 5.69 Å². The first-order chi connectivity index (χ1) is 12.0. The highest BCUT2D eigenvalue weighted by Crippen LogP contribution is 2.29. The molecule has 0 bridgehead atoms. The van der Waals surface area contributed by atoms with Crippen molar-refractivity contribution in [3.8, 4) is 5.69 Å². The van der Waals surface area contributed by atoms with E-state index < -0.39 is 0 Å². The normalized spacial score (nSPS) is 16.6. The number of hydrogen-bond acceptors (Lipinski definition) is 4. The Kier molecular flexibility index (Phi) is 5.20. The highest BCUT2D eigenvalue weighted by atomic mass is 16.5. The van der Waals surface area contributed by atoms with Gasteiger partial charge in [0.25, 0.3) is 5.91 Å². The van der Waals surface area contributed by atoms with Gasteiger partial charge in [0.05, 0.1) is 12.3 Å². The smallest absolute Gasteiger partial charge is 0.271 e. The maximum atomic E-state index is 12.5. The Morgan fingerprint density at radius 2 is 1.96 bits per heavy atom. The van der Waals surface area contributed by atoms with Crippen LogP contribution in [0, 0.1) is 19.3 Å². The van der Waals surface area contributed by atoms with E-state index in [4.69, 9.17) is 4.74 Å². The molecule has 1 aliphatic heterocycles. The van der Waals surface area contributed by atoms with E-state index in [1.54, 1.807) is 10.7 Å². The Morgan fingerprint density at radius 1 is 1.28 bits per heavy atom. The lowest BCUT2D eigenvalue weighted by Gasteiger charge is -2.35. The molecule has 0 unspecified atom stereocenters. The summed E-state index contributed by atoms with van der Waals surface area (Å²) in [6.45, 7) is 5.69. The molecule has 1 aromatic carbocycles. The summed E-state index contributed by atoms with van der Waals surface area (Å²) in [6, 6.07) is 9.79. The van der Waals surface area contributed by atoms with E-state index in [1.807, 2.05) is 38.1 Å². The fourth-order valence-corrected chi connectivity index (χ4v) is 3.09. The van der Waals surface area contributed by atoms with Crippen molar-refractivity contribution in [1.82, 2.24) is 15.1 Å². The van der Waals surface area contributed by atoms with Gasteiger partial charge in [0.15, 0.2) is 5.69 Å². The highest BCUT2D eigenvalue weighted by Gasteiger charge is 2.32. The quantitative estimate of drug-likeness (QED) is 0.871. The van der Waals surface area contributed by atoms with Gasteiger partial charge in [-0.3, -0.25) is 4.79 Å². The van der Waals surface area contributed by atoms with Gasteiger partial charge in [-0.05, 0) is 44.9 Å². The molecule has 1 aromatic heterocycles. The van der Waals surface area contributed by atoms with Crippen molar-refractivity contribution < 1.29 is 14.6 Å². The number of carbonyl (C=O) groups excluding carboxylic acids is 1. The van der Waals surface area contributed by atoms with Crippen molar-refractivity contribution in [2.45, 2.75) is 26.7 Å². The van der Waals surface area contributed by atoms with E-state index in [0.717, 1.165) is 24.2 Å². The molecule has 2 N–H and O–H groups in total. The van der Waals surface area contributed by atoms with Gasteiger partial charge in [0, 0.05) is 30.9 Å². The summed E-state index contributed by atoms with van der Waals surface area (Å²) in [5.41, 5.74) is 3.11. The zero-order valence-corrected chi connectivity index (χ0v) is 14.8. The zero-order chi connectivity index (χ0) is 17.9. The predicted molar refractivity (Wildman–Crippen MR) is 94.9 cm³/mol. The molecule has 25 heavy (non-hydrogen) atoms.